The summed E-state index contributed by atoms with van der Waals surface area (Å²) >= 11 is 1.81. The van der Waals surface area contributed by atoms with Crippen LogP contribution < -0.4 is 5.32 Å². The van der Waals surface area contributed by atoms with E-state index in [9.17, 15) is 9.59 Å². The van der Waals surface area contributed by atoms with Crippen LogP contribution in [0.25, 0.3) is 0 Å². The molecule has 2 unspecified atom stereocenters. The normalized spacial score (nSPS) is 39.6. The molecule has 0 aromatic heterocycles. The molecule has 2 aliphatic heterocycles. The molecule has 2 heterocycles. The van der Waals surface area contributed by atoms with Crippen LogP contribution in [0.15, 0.2) is 0 Å². The van der Waals surface area contributed by atoms with Crippen molar-refractivity contribution in [3.8, 4) is 0 Å². The van der Waals surface area contributed by atoms with Crippen LogP contribution in [0.2, 0.25) is 0 Å². The van der Waals surface area contributed by atoms with E-state index in [-0.39, 0.29) is 22.5 Å². The summed E-state index contributed by atoms with van der Waals surface area (Å²) in [5, 5.41) is 2.70. The number of hydrogen-bond donors (Lipinski definition) is 1. The van der Waals surface area contributed by atoms with Gasteiger partial charge in [-0.2, -0.15) is 11.8 Å². The topological polar surface area (TPSA) is 46.2 Å². The Morgan fingerprint density at radius 2 is 2.31 bits per heavy atom. The molecule has 13 heavy (non-hydrogen) atoms. The van der Waals surface area contributed by atoms with Crippen LogP contribution in [-0.4, -0.2) is 22.8 Å². The minimum absolute atomic E-state index is 0.0443. The van der Waals surface area contributed by atoms with E-state index >= 15 is 0 Å². The highest BCUT2D eigenvalue weighted by molar-refractivity contribution is 8.00. The Balaban J connectivity index is 2.26. The first-order valence-electron chi connectivity index (χ1n) is 4.61. The van der Waals surface area contributed by atoms with Crippen LogP contribution in [0.5, 0.6) is 0 Å². The predicted molar refractivity (Wildman–Crippen MR) is 51.4 cm³/mol. The first-order chi connectivity index (χ1) is 6.15. The fourth-order valence-corrected chi connectivity index (χ4v) is 3.49. The van der Waals surface area contributed by atoms with Crippen LogP contribution in [0, 0.1) is 5.41 Å². The van der Waals surface area contributed by atoms with Gasteiger partial charge in [-0.3, -0.25) is 14.9 Å². The summed E-state index contributed by atoms with van der Waals surface area (Å²) in [6.07, 6.45) is 2.33. The van der Waals surface area contributed by atoms with Crippen LogP contribution in [-0.2, 0) is 9.59 Å². The first-order valence-corrected chi connectivity index (χ1v) is 5.66. The molecule has 2 saturated heterocycles. The van der Waals surface area contributed by atoms with Crippen molar-refractivity contribution in [1.29, 1.82) is 0 Å². The van der Waals surface area contributed by atoms with Crippen molar-refractivity contribution in [2.75, 3.05) is 5.75 Å². The van der Waals surface area contributed by atoms with Gasteiger partial charge in [0, 0.05) is 11.7 Å². The first kappa shape index (κ1) is 9.06. The Kier molecular flexibility index (Phi) is 2.10. The van der Waals surface area contributed by atoms with Crippen molar-refractivity contribution < 1.29 is 9.59 Å². The van der Waals surface area contributed by atoms with E-state index in [0.29, 0.717) is 6.42 Å². The van der Waals surface area contributed by atoms with Crippen molar-refractivity contribution in [3.63, 3.8) is 0 Å². The average Bonchev–Trinajstić information content (AvgIpc) is 2.35. The van der Waals surface area contributed by atoms with Gasteiger partial charge in [-0.1, -0.05) is 6.92 Å². The molecule has 1 N–H and O–H groups in total. The van der Waals surface area contributed by atoms with Gasteiger partial charge < -0.3 is 0 Å². The van der Waals surface area contributed by atoms with Crippen LogP contribution in [0.1, 0.15) is 26.2 Å². The summed E-state index contributed by atoms with van der Waals surface area (Å²) < 4.78 is 0. The van der Waals surface area contributed by atoms with Gasteiger partial charge >= 0.3 is 0 Å². The molecule has 2 rings (SSSR count). The van der Waals surface area contributed by atoms with Gasteiger partial charge in [0.05, 0.1) is 5.41 Å². The number of rotatable bonds is 0. The molecule has 72 valence electrons. The minimum Gasteiger partial charge on any atom is -0.296 e. The van der Waals surface area contributed by atoms with Gasteiger partial charge in [0.25, 0.3) is 0 Å². The Morgan fingerprint density at radius 3 is 2.85 bits per heavy atom. The number of nitrogens with one attached hydrogen (secondary N) is 1. The van der Waals surface area contributed by atoms with E-state index in [0.717, 1.165) is 18.6 Å². The van der Waals surface area contributed by atoms with E-state index in [4.69, 9.17) is 0 Å². The average molecular weight is 199 g/mol. The molecule has 0 aromatic rings. The molecule has 2 aliphatic rings. The number of imide groups is 1. The number of carbonyl (C=O) groups is 2. The van der Waals surface area contributed by atoms with Gasteiger partial charge in [0.2, 0.25) is 11.8 Å². The van der Waals surface area contributed by atoms with Crippen molar-refractivity contribution >= 4 is 23.6 Å². The number of thioether (sulfide) groups is 1. The molecule has 3 nitrogen and oxygen atoms in total. The standard InChI is InChI=1S/C9H13NO2S/c1-6-9(3-2-4-13-6)5-7(11)10-8(9)12/h6H,2-5H2,1H3,(H,10,11,12). The summed E-state index contributed by atoms with van der Waals surface area (Å²) in [5.41, 5.74) is -0.375. The number of hydrogen-bond acceptors (Lipinski definition) is 3. The van der Waals surface area contributed by atoms with E-state index in [1.807, 2.05) is 0 Å². The van der Waals surface area contributed by atoms with Crippen molar-refractivity contribution in [2.45, 2.75) is 31.4 Å². The Bertz CT molecular complexity index is 266. The van der Waals surface area contributed by atoms with Crippen LogP contribution in [0.3, 0.4) is 0 Å². The zero-order chi connectivity index (χ0) is 9.47. The van der Waals surface area contributed by atoms with Crippen molar-refractivity contribution in [3.05, 3.63) is 0 Å². The predicted octanol–water partition coefficient (Wildman–Crippen LogP) is 0.935. The van der Waals surface area contributed by atoms with E-state index in [1.54, 1.807) is 11.8 Å². The van der Waals surface area contributed by atoms with E-state index in [2.05, 4.69) is 12.2 Å². The maximum absolute atomic E-state index is 11.6. The van der Waals surface area contributed by atoms with Gasteiger partial charge in [0.15, 0.2) is 0 Å². The zero-order valence-electron chi connectivity index (χ0n) is 7.63. The van der Waals surface area contributed by atoms with Crippen molar-refractivity contribution in [1.82, 2.24) is 5.32 Å². The SMILES string of the molecule is CC1SCCCC12CC(=O)NC2=O. The molecule has 4 heteroatoms. The highest BCUT2D eigenvalue weighted by Gasteiger charge is 2.51. The molecular formula is C9H13NO2S. The third-order valence-corrected chi connectivity index (χ3v) is 4.57. The maximum Gasteiger partial charge on any atom is 0.234 e. The number of carbonyl (C=O) groups excluding carboxylic acids is 2. The summed E-state index contributed by atoms with van der Waals surface area (Å²) in [6, 6.07) is 0. The second kappa shape index (κ2) is 3.01. The molecule has 0 saturated carbocycles. The Labute approximate surface area is 81.6 Å². The minimum atomic E-state index is -0.375. The monoisotopic (exact) mass is 199 g/mol. The second-order valence-electron chi connectivity index (χ2n) is 3.83. The summed E-state index contributed by atoms with van der Waals surface area (Å²) in [6.45, 7) is 2.06. The zero-order valence-corrected chi connectivity index (χ0v) is 8.45. The third kappa shape index (κ3) is 1.27. The summed E-state index contributed by atoms with van der Waals surface area (Å²) in [4.78, 5) is 22.8. The van der Waals surface area contributed by atoms with E-state index in [1.165, 1.54) is 0 Å². The molecule has 1 spiro atoms. The maximum atomic E-state index is 11.6. The lowest BCUT2D eigenvalue weighted by molar-refractivity contribution is -0.128. The van der Waals surface area contributed by atoms with Gasteiger partial charge in [-0.15, -0.1) is 0 Å². The van der Waals surface area contributed by atoms with Gasteiger partial charge in [-0.05, 0) is 18.6 Å². The largest absolute Gasteiger partial charge is 0.296 e. The molecule has 0 radical (unpaired) electrons. The lowest BCUT2D eigenvalue weighted by Gasteiger charge is -2.35. The van der Waals surface area contributed by atoms with E-state index < -0.39 is 0 Å². The highest BCUT2D eigenvalue weighted by atomic mass is 32.2. The highest BCUT2D eigenvalue weighted by Crippen LogP contribution is 2.45. The summed E-state index contributed by atoms with van der Waals surface area (Å²) in [5.74, 6) is 0.973. The molecule has 2 fully saturated rings. The summed E-state index contributed by atoms with van der Waals surface area (Å²) in [7, 11) is 0. The number of amides is 2. The molecule has 2 amide bonds. The second-order valence-corrected chi connectivity index (χ2v) is 5.28. The van der Waals surface area contributed by atoms with Crippen LogP contribution >= 0.6 is 11.8 Å². The lowest BCUT2D eigenvalue weighted by atomic mass is 9.78. The molecule has 0 bridgehead atoms. The fraction of sp³-hybridized carbons (Fsp3) is 0.778. The third-order valence-electron chi connectivity index (χ3n) is 3.09. The smallest absolute Gasteiger partial charge is 0.234 e. The molecule has 0 aliphatic carbocycles. The van der Waals surface area contributed by atoms with Crippen molar-refractivity contribution in [2.24, 2.45) is 5.41 Å². The molecule has 0 aromatic carbocycles. The van der Waals surface area contributed by atoms with Gasteiger partial charge in [0.1, 0.15) is 0 Å². The molecular weight excluding hydrogens is 186 g/mol. The quantitative estimate of drug-likeness (QED) is 0.590. The fourth-order valence-electron chi connectivity index (χ4n) is 2.20. The van der Waals surface area contributed by atoms with Gasteiger partial charge in [-0.25, -0.2) is 0 Å². The Morgan fingerprint density at radius 1 is 1.54 bits per heavy atom. The Hall–Kier alpha value is -0.510. The van der Waals surface area contributed by atoms with Crippen LogP contribution in [0.4, 0.5) is 0 Å². The molecule has 2 atom stereocenters. The lowest BCUT2D eigenvalue weighted by Crippen LogP contribution is -2.41.